The molecule has 0 saturated heterocycles. The molecule has 0 aliphatic rings. The summed E-state index contributed by atoms with van der Waals surface area (Å²) in [5.74, 6) is -1.89. The highest BCUT2D eigenvalue weighted by Gasteiger charge is 2.19. The lowest BCUT2D eigenvalue weighted by atomic mass is 10.1. The van der Waals surface area contributed by atoms with Crippen molar-refractivity contribution >= 4 is 43.4 Å². The third kappa shape index (κ3) is 4.17. The number of carbonyl (C=O) groups excluding carboxylic acids is 1. The van der Waals surface area contributed by atoms with Crippen LogP contribution in [0.15, 0.2) is 46.7 Å². The number of benzene rings is 1. The number of primary amides is 1. The molecule has 1 atom stereocenters. The summed E-state index contributed by atoms with van der Waals surface area (Å²) in [5.41, 5.74) is 16.9. The van der Waals surface area contributed by atoms with Crippen molar-refractivity contribution in [3.63, 3.8) is 0 Å². The van der Waals surface area contributed by atoms with E-state index in [4.69, 9.17) is 22.6 Å². The van der Waals surface area contributed by atoms with E-state index in [1.165, 1.54) is 12.2 Å². The Morgan fingerprint density at radius 3 is 2.55 bits per heavy atom. The molecule has 0 radical (unpaired) electrons. The number of nitrogens with one attached hydrogen (secondary N) is 1. The minimum absolute atomic E-state index is 0.285. The number of carbonyl (C=O) groups is 1. The molecular weight excluding hydrogens is 301 g/mol. The average Bonchev–Trinajstić information content (AvgIpc) is 2.41. The van der Waals surface area contributed by atoms with Crippen LogP contribution in [0, 0.1) is 5.41 Å². The van der Waals surface area contributed by atoms with E-state index < -0.39 is 17.2 Å². The Morgan fingerprint density at radius 2 is 2.05 bits per heavy atom. The first-order valence-electron chi connectivity index (χ1n) is 6.22. The van der Waals surface area contributed by atoms with E-state index in [9.17, 15) is 9.90 Å². The van der Waals surface area contributed by atoms with Crippen LogP contribution < -0.4 is 22.5 Å². The quantitative estimate of drug-likeness (QED) is 0.135. The van der Waals surface area contributed by atoms with E-state index in [-0.39, 0.29) is 11.5 Å². The van der Waals surface area contributed by atoms with Gasteiger partial charge < -0.3 is 22.3 Å². The number of nitrogens with zero attached hydrogens (tertiary/aromatic N) is 1. The molecule has 1 rings (SSSR count). The molecule has 7 nitrogen and oxygen atoms in total. The van der Waals surface area contributed by atoms with Crippen LogP contribution in [-0.2, 0) is 4.79 Å². The maximum Gasteiger partial charge on any atom is 0.256 e. The zero-order valence-electron chi connectivity index (χ0n) is 12.0. The number of nitrogens with two attached hydrogens (primary N) is 3. The highest BCUT2D eigenvalue weighted by Crippen LogP contribution is 2.16. The zero-order valence-corrected chi connectivity index (χ0v) is 13.2. The number of hydrogen-bond donors (Lipinski definition) is 5. The molecule has 22 heavy (non-hydrogen) atoms. The van der Waals surface area contributed by atoms with Crippen LogP contribution in [0.5, 0.6) is 0 Å². The van der Waals surface area contributed by atoms with Crippen molar-refractivity contribution in [2.24, 2.45) is 16.5 Å². The smallest absolute Gasteiger partial charge is 0.256 e. The summed E-state index contributed by atoms with van der Waals surface area (Å²) in [5, 5.41) is 18.2. The Kier molecular flexibility index (Phi) is 5.83. The highest BCUT2D eigenvalue weighted by atomic mass is 31.0. The molecule has 0 heterocycles. The first kappa shape index (κ1) is 17.4. The number of hydrogen-bond acceptors (Lipinski definition) is 5. The van der Waals surface area contributed by atoms with Gasteiger partial charge in [0.05, 0.1) is 11.4 Å². The van der Waals surface area contributed by atoms with E-state index in [0.29, 0.717) is 16.7 Å². The summed E-state index contributed by atoms with van der Waals surface area (Å²) < 4.78 is 0. The fraction of sp³-hybridized carbons (Fsp3) is 0.0714. The van der Waals surface area contributed by atoms with Gasteiger partial charge in [0.1, 0.15) is 11.4 Å². The maximum absolute atomic E-state index is 11.5. The molecule has 0 aliphatic heterocycles. The lowest BCUT2D eigenvalue weighted by molar-refractivity contribution is -0.114. The number of rotatable bonds is 5. The fourth-order valence-corrected chi connectivity index (χ4v) is 1.96. The molecule has 0 aliphatic carbocycles. The zero-order chi connectivity index (χ0) is 16.9. The molecule has 1 aromatic rings. The first-order chi connectivity index (χ1) is 10.3. The molecular formula is C14H18N5O2P. The van der Waals surface area contributed by atoms with Crippen molar-refractivity contribution in [3.05, 3.63) is 41.7 Å². The number of anilines is 1. The Morgan fingerprint density at radius 1 is 1.41 bits per heavy atom. The van der Waals surface area contributed by atoms with Gasteiger partial charge in [-0.25, -0.2) is 4.99 Å². The van der Waals surface area contributed by atoms with Gasteiger partial charge in [0, 0.05) is 5.69 Å². The number of aliphatic imine (C=N–C) groups is 1. The van der Waals surface area contributed by atoms with E-state index in [2.05, 4.69) is 14.2 Å². The standard InChI is InChI=1S/C14H18N5O2P/c1-2-3-8(16)12(20)11(14(18)21)13(17)19-9-5-4-7(15)6-10(9)22/h2-6,16,20H,15,22H2,1H3,(H2,17,19)(H2,18,21)/b3-2+,12-11+,16-8?. The molecule has 0 spiro atoms. The number of nitrogen functional groups attached to an aromatic ring is 1. The van der Waals surface area contributed by atoms with E-state index >= 15 is 0 Å². The van der Waals surface area contributed by atoms with Gasteiger partial charge >= 0.3 is 0 Å². The van der Waals surface area contributed by atoms with Crippen LogP contribution >= 0.6 is 9.24 Å². The van der Waals surface area contributed by atoms with Gasteiger partial charge in [-0.3, -0.25) is 10.2 Å². The minimum Gasteiger partial charge on any atom is -0.505 e. The number of allylic oxidation sites excluding steroid dienone is 2. The van der Waals surface area contributed by atoms with Crippen LogP contribution in [0.25, 0.3) is 0 Å². The SMILES string of the molecule is C/C=C/C(=N)/C(O)=C(\C(N)=O)C(N)=Nc1ccc(N)cc1P. The Balaban J connectivity index is 3.38. The third-order valence-electron chi connectivity index (χ3n) is 2.62. The Hall–Kier alpha value is -2.66. The third-order valence-corrected chi connectivity index (χ3v) is 3.08. The van der Waals surface area contributed by atoms with Gasteiger partial charge in [-0.1, -0.05) is 6.08 Å². The molecule has 8 heteroatoms. The predicted octanol–water partition coefficient (Wildman–Crippen LogP) is 0.651. The van der Waals surface area contributed by atoms with Crippen molar-refractivity contribution < 1.29 is 9.90 Å². The van der Waals surface area contributed by atoms with Gasteiger partial charge in [0.15, 0.2) is 5.76 Å². The molecule has 0 aromatic heterocycles. The highest BCUT2D eigenvalue weighted by molar-refractivity contribution is 7.28. The van der Waals surface area contributed by atoms with Gasteiger partial charge in [-0.2, -0.15) is 0 Å². The molecule has 0 bridgehead atoms. The number of aliphatic hydroxyl groups is 1. The number of aliphatic hydroxyl groups excluding tert-OH is 1. The summed E-state index contributed by atoms with van der Waals surface area (Å²) in [6.45, 7) is 1.66. The van der Waals surface area contributed by atoms with Crippen LogP contribution in [0.2, 0.25) is 0 Å². The molecule has 1 aromatic carbocycles. The summed E-state index contributed by atoms with van der Waals surface area (Å²) in [6, 6.07) is 4.89. The van der Waals surface area contributed by atoms with Crippen molar-refractivity contribution in [1.29, 1.82) is 5.41 Å². The van der Waals surface area contributed by atoms with Crippen molar-refractivity contribution in [2.45, 2.75) is 6.92 Å². The Bertz CT molecular complexity index is 707. The van der Waals surface area contributed by atoms with E-state index in [1.807, 2.05) is 0 Å². The van der Waals surface area contributed by atoms with Gasteiger partial charge in [-0.05, 0) is 36.5 Å². The largest absolute Gasteiger partial charge is 0.505 e. The maximum atomic E-state index is 11.5. The van der Waals surface area contributed by atoms with E-state index in [1.54, 1.807) is 25.1 Å². The van der Waals surface area contributed by atoms with Crippen LogP contribution in [-0.4, -0.2) is 22.6 Å². The minimum atomic E-state index is -0.978. The number of amidine groups is 1. The van der Waals surface area contributed by atoms with Gasteiger partial charge in [0.2, 0.25) is 0 Å². The fourth-order valence-electron chi connectivity index (χ4n) is 1.60. The first-order valence-corrected chi connectivity index (χ1v) is 6.79. The van der Waals surface area contributed by atoms with Gasteiger partial charge in [-0.15, -0.1) is 9.24 Å². The number of amides is 1. The second-order valence-corrected chi connectivity index (χ2v) is 4.94. The molecule has 1 amide bonds. The molecule has 0 saturated carbocycles. The van der Waals surface area contributed by atoms with Gasteiger partial charge in [0.25, 0.3) is 5.91 Å². The Labute approximate surface area is 130 Å². The normalized spacial score (nSPS) is 13.1. The molecule has 8 N–H and O–H groups in total. The second kappa shape index (κ2) is 7.38. The van der Waals surface area contributed by atoms with Crippen LogP contribution in [0.4, 0.5) is 11.4 Å². The van der Waals surface area contributed by atoms with Crippen molar-refractivity contribution in [2.75, 3.05) is 5.73 Å². The summed E-state index contributed by atoms with van der Waals surface area (Å²) in [4.78, 5) is 15.6. The summed E-state index contributed by atoms with van der Waals surface area (Å²) >= 11 is 0. The average molecular weight is 319 g/mol. The lowest BCUT2D eigenvalue weighted by Gasteiger charge is -2.08. The van der Waals surface area contributed by atoms with Crippen molar-refractivity contribution in [1.82, 2.24) is 0 Å². The second-order valence-electron chi connectivity index (χ2n) is 4.32. The van der Waals surface area contributed by atoms with E-state index in [0.717, 1.165) is 0 Å². The summed E-state index contributed by atoms with van der Waals surface area (Å²) in [6.07, 6.45) is 2.83. The molecule has 0 fully saturated rings. The van der Waals surface area contributed by atoms with Crippen molar-refractivity contribution in [3.8, 4) is 0 Å². The molecule has 1 unspecified atom stereocenters. The lowest BCUT2D eigenvalue weighted by Crippen LogP contribution is -2.29. The summed E-state index contributed by atoms with van der Waals surface area (Å²) in [7, 11) is 2.44. The van der Waals surface area contributed by atoms with Crippen LogP contribution in [0.3, 0.4) is 0 Å². The predicted molar refractivity (Wildman–Crippen MR) is 92.9 cm³/mol. The topological polar surface area (TPSA) is 152 Å². The van der Waals surface area contributed by atoms with Crippen LogP contribution in [0.1, 0.15) is 6.92 Å². The molecule has 116 valence electrons. The monoisotopic (exact) mass is 319 g/mol.